The van der Waals surface area contributed by atoms with Gasteiger partial charge < -0.3 is 20.1 Å². The highest BCUT2D eigenvalue weighted by Crippen LogP contribution is 2.51. The number of allylic oxidation sites excluding steroid dienone is 3. The first-order chi connectivity index (χ1) is 17.4. The Morgan fingerprint density at radius 3 is 2.94 bits per heavy atom. The lowest BCUT2D eigenvalue weighted by Gasteiger charge is -2.44. The Kier molecular flexibility index (Phi) is 9.18. The van der Waals surface area contributed by atoms with Gasteiger partial charge in [0.25, 0.3) is 0 Å². The highest BCUT2D eigenvalue weighted by molar-refractivity contribution is 8.04. The van der Waals surface area contributed by atoms with Crippen LogP contribution in [0.1, 0.15) is 69.4 Å². The number of phenolic OH excluding ortho intramolecular Hbond substituents is 1. The van der Waals surface area contributed by atoms with Gasteiger partial charge in [0.1, 0.15) is 23.5 Å². The molecule has 2 aliphatic heterocycles. The molecule has 0 amide bonds. The number of nitrogens with zero attached hydrogens (tertiary/aromatic N) is 1. The molecule has 1 aromatic rings. The first-order valence-electron chi connectivity index (χ1n) is 13.0. The second kappa shape index (κ2) is 12.3. The van der Waals surface area contributed by atoms with Crippen LogP contribution in [-0.2, 0) is 11.2 Å². The van der Waals surface area contributed by atoms with E-state index in [9.17, 15) is 9.90 Å². The number of thiol groups is 1. The summed E-state index contributed by atoms with van der Waals surface area (Å²) < 4.78 is 6.22. The van der Waals surface area contributed by atoms with Crippen molar-refractivity contribution in [1.29, 1.82) is 0 Å². The second-order valence-corrected chi connectivity index (χ2v) is 11.6. The van der Waals surface area contributed by atoms with E-state index in [2.05, 4.69) is 50.5 Å². The largest absolute Gasteiger partial charge is 0.507 e. The van der Waals surface area contributed by atoms with Crippen LogP contribution in [0.25, 0.3) is 0 Å². The number of carbonyl (C=O) groups is 1. The summed E-state index contributed by atoms with van der Waals surface area (Å²) in [6.07, 6.45) is 14.7. The van der Waals surface area contributed by atoms with E-state index in [0.29, 0.717) is 24.6 Å². The number of rotatable bonds is 12. The summed E-state index contributed by atoms with van der Waals surface area (Å²) in [5, 5.41) is 14.5. The molecule has 5 nitrogen and oxygen atoms in total. The van der Waals surface area contributed by atoms with E-state index in [1.54, 1.807) is 11.8 Å². The highest BCUT2D eigenvalue weighted by atomic mass is 32.2. The zero-order valence-electron chi connectivity index (χ0n) is 21.3. The summed E-state index contributed by atoms with van der Waals surface area (Å²) in [5.74, 6) is 1.31. The van der Waals surface area contributed by atoms with Gasteiger partial charge in [0.15, 0.2) is 6.29 Å². The normalized spacial score (nSPS) is 23.5. The third-order valence-electron chi connectivity index (χ3n) is 7.12. The van der Waals surface area contributed by atoms with Crippen molar-refractivity contribution in [2.75, 3.05) is 13.2 Å². The molecule has 36 heavy (non-hydrogen) atoms. The molecule has 0 bridgehead atoms. The van der Waals surface area contributed by atoms with E-state index in [4.69, 9.17) is 4.74 Å². The third-order valence-corrected chi connectivity index (χ3v) is 9.27. The Balaban J connectivity index is 1.39. The average Bonchev–Trinajstić information content (AvgIpc) is 3.20. The molecule has 2 N–H and O–H groups in total. The van der Waals surface area contributed by atoms with Crippen LogP contribution in [-0.4, -0.2) is 40.1 Å². The lowest BCUT2D eigenvalue weighted by atomic mass is 9.84. The van der Waals surface area contributed by atoms with Gasteiger partial charge in [0.05, 0.1) is 10.9 Å². The lowest BCUT2D eigenvalue weighted by Crippen LogP contribution is -2.49. The van der Waals surface area contributed by atoms with Crippen molar-refractivity contribution in [3.8, 4) is 11.5 Å². The van der Waals surface area contributed by atoms with E-state index in [-0.39, 0.29) is 16.5 Å². The number of benzene rings is 1. The number of carbonyl (C=O) groups excluding carboxylic acids is 1. The molecule has 194 valence electrons. The van der Waals surface area contributed by atoms with Crippen LogP contribution in [0.15, 0.2) is 58.9 Å². The van der Waals surface area contributed by atoms with Crippen LogP contribution >= 0.6 is 24.4 Å². The van der Waals surface area contributed by atoms with Gasteiger partial charge in [-0.25, -0.2) is 0 Å². The molecule has 0 aromatic heterocycles. The molecule has 1 aromatic carbocycles. The van der Waals surface area contributed by atoms with Gasteiger partial charge in [-0.3, -0.25) is 4.79 Å². The SMILES string of the molecule is C=C1C(S)C2SC(CN/C=C/COc3cc(CCCCC)cc(O)c3C3C=C(C)CCC3)=C(C=O)N12. The zero-order chi connectivity index (χ0) is 25.7. The van der Waals surface area contributed by atoms with Gasteiger partial charge in [0.2, 0.25) is 0 Å². The first-order valence-corrected chi connectivity index (χ1v) is 14.4. The molecular weight excluding hydrogens is 488 g/mol. The quantitative estimate of drug-likeness (QED) is 0.126. The van der Waals surface area contributed by atoms with Gasteiger partial charge in [-0.1, -0.05) is 49.8 Å². The number of hydrogen-bond acceptors (Lipinski definition) is 7. The van der Waals surface area contributed by atoms with Crippen molar-refractivity contribution in [2.24, 2.45) is 0 Å². The number of fused-ring (bicyclic) bond motifs is 1. The van der Waals surface area contributed by atoms with Crippen LogP contribution < -0.4 is 10.1 Å². The standard InChI is InChI=1S/C29H38N2O3S2/c1-4-5-6-10-21-15-24(33)27(22-11-7-9-19(2)14-22)25(16-21)34-13-8-12-30-17-26-23(18-32)31-20(3)28(35)29(31)36-26/h8,12,14-16,18,22,28-30,33,35H,3-7,9-11,13,17H2,1-2H3/b12-8+. The number of phenols is 1. The molecule has 3 aliphatic rings. The topological polar surface area (TPSA) is 61.8 Å². The van der Waals surface area contributed by atoms with Crippen LogP contribution in [0.4, 0.5) is 0 Å². The van der Waals surface area contributed by atoms with E-state index >= 15 is 0 Å². The number of hydrogen-bond donors (Lipinski definition) is 3. The third kappa shape index (κ3) is 5.83. The maximum absolute atomic E-state index is 11.6. The van der Waals surface area contributed by atoms with Gasteiger partial charge in [-0.2, -0.15) is 12.6 Å². The number of thioether (sulfide) groups is 1. The number of nitrogens with one attached hydrogen (secondary N) is 1. The van der Waals surface area contributed by atoms with Crippen molar-refractivity contribution in [3.05, 3.63) is 70.1 Å². The Morgan fingerprint density at radius 2 is 2.19 bits per heavy atom. The minimum absolute atomic E-state index is 0.0949. The minimum atomic E-state index is 0.0949. The summed E-state index contributed by atoms with van der Waals surface area (Å²) in [4.78, 5) is 14.6. The highest BCUT2D eigenvalue weighted by Gasteiger charge is 2.48. The fraction of sp³-hybridized carbons (Fsp3) is 0.483. The fourth-order valence-electron chi connectivity index (χ4n) is 5.18. The molecule has 7 heteroatoms. The average molecular weight is 527 g/mol. The van der Waals surface area contributed by atoms with E-state index in [1.165, 1.54) is 18.4 Å². The van der Waals surface area contributed by atoms with Crippen molar-refractivity contribution in [2.45, 2.75) is 75.3 Å². The van der Waals surface area contributed by atoms with Crippen molar-refractivity contribution in [3.63, 3.8) is 0 Å². The molecule has 4 rings (SSSR count). The predicted molar refractivity (Wildman–Crippen MR) is 153 cm³/mol. The Morgan fingerprint density at radius 1 is 1.36 bits per heavy atom. The monoisotopic (exact) mass is 526 g/mol. The van der Waals surface area contributed by atoms with E-state index in [1.807, 2.05) is 23.2 Å². The molecule has 0 saturated carbocycles. The van der Waals surface area contributed by atoms with Crippen LogP contribution in [0, 0.1) is 0 Å². The molecule has 1 aliphatic carbocycles. The molecular formula is C29H38N2O3S2. The Labute approximate surface area is 225 Å². The molecule has 0 spiro atoms. The smallest absolute Gasteiger partial charge is 0.167 e. The van der Waals surface area contributed by atoms with Crippen molar-refractivity contribution in [1.82, 2.24) is 10.2 Å². The summed E-state index contributed by atoms with van der Waals surface area (Å²) in [7, 11) is 0. The summed E-state index contributed by atoms with van der Waals surface area (Å²) >= 11 is 6.23. The van der Waals surface area contributed by atoms with E-state index in [0.717, 1.165) is 65.9 Å². The van der Waals surface area contributed by atoms with Crippen molar-refractivity contribution < 1.29 is 14.6 Å². The molecule has 1 saturated heterocycles. The fourth-order valence-corrected chi connectivity index (χ4v) is 6.98. The maximum Gasteiger partial charge on any atom is 0.167 e. The number of aromatic hydroxyl groups is 1. The number of aldehydes is 1. The molecule has 3 atom stereocenters. The second-order valence-electron chi connectivity index (χ2n) is 9.83. The first kappa shape index (κ1) is 26.8. The van der Waals surface area contributed by atoms with E-state index < -0.39 is 0 Å². The van der Waals surface area contributed by atoms with Crippen LogP contribution in [0.3, 0.4) is 0 Å². The Bertz CT molecular complexity index is 1080. The van der Waals surface area contributed by atoms with Gasteiger partial charge in [-0.05, 0) is 69.0 Å². The lowest BCUT2D eigenvalue weighted by molar-refractivity contribution is -0.106. The van der Waals surface area contributed by atoms with Gasteiger partial charge in [0, 0.05) is 28.6 Å². The summed E-state index contributed by atoms with van der Waals surface area (Å²) in [6.45, 7) is 9.34. The predicted octanol–water partition coefficient (Wildman–Crippen LogP) is 6.43. The van der Waals surface area contributed by atoms with Crippen molar-refractivity contribution >= 4 is 30.7 Å². The minimum Gasteiger partial charge on any atom is -0.507 e. The van der Waals surface area contributed by atoms with Gasteiger partial charge in [-0.15, -0.1) is 0 Å². The van der Waals surface area contributed by atoms with Gasteiger partial charge >= 0.3 is 0 Å². The Hall–Kier alpha value is -2.25. The zero-order valence-corrected chi connectivity index (χ0v) is 23.0. The molecule has 2 heterocycles. The van der Waals surface area contributed by atoms with Crippen LogP contribution in [0.2, 0.25) is 0 Å². The summed E-state index contributed by atoms with van der Waals surface area (Å²) in [5.41, 5.74) is 4.98. The summed E-state index contributed by atoms with van der Waals surface area (Å²) in [6, 6.07) is 4.04. The number of ether oxygens (including phenoxy) is 1. The number of unbranched alkanes of at least 4 members (excludes halogenated alkanes) is 2. The molecule has 1 fully saturated rings. The van der Waals surface area contributed by atoms with Crippen LogP contribution in [0.5, 0.6) is 11.5 Å². The molecule has 3 unspecified atom stereocenters. The molecule has 0 radical (unpaired) electrons. The maximum atomic E-state index is 11.6. The number of aryl methyl sites for hydroxylation is 1.